The second-order valence-electron chi connectivity index (χ2n) is 12.2. The highest BCUT2D eigenvalue weighted by atomic mass is 16.5. The van der Waals surface area contributed by atoms with Gasteiger partial charge >= 0.3 is 0 Å². The number of benzene rings is 8. The van der Waals surface area contributed by atoms with Gasteiger partial charge in [0.1, 0.15) is 47.7 Å². The molecule has 6 nitrogen and oxygen atoms in total. The fraction of sp³-hybridized carbons (Fsp3) is 0.136. The first-order valence-electron chi connectivity index (χ1n) is 16.5. The molecule has 6 heteroatoms. The van der Waals surface area contributed by atoms with Gasteiger partial charge in [-0.3, -0.25) is 0 Å². The van der Waals surface area contributed by atoms with E-state index in [9.17, 15) is 0 Å². The van der Waals surface area contributed by atoms with E-state index in [1.165, 1.54) is 0 Å². The van der Waals surface area contributed by atoms with Crippen LogP contribution in [-0.2, 0) is 13.2 Å². The summed E-state index contributed by atoms with van der Waals surface area (Å²) in [7, 11) is 6.79. The second-order valence-corrected chi connectivity index (χ2v) is 12.2. The summed E-state index contributed by atoms with van der Waals surface area (Å²) in [5, 5.41) is 9.55. The lowest BCUT2D eigenvalue weighted by Gasteiger charge is -2.21. The molecule has 8 aromatic carbocycles. The van der Waals surface area contributed by atoms with Gasteiger partial charge in [-0.05, 0) is 70.4 Å². The third-order valence-electron chi connectivity index (χ3n) is 9.46. The highest BCUT2D eigenvalue weighted by Crippen LogP contribution is 2.50. The van der Waals surface area contributed by atoms with Crippen molar-refractivity contribution in [1.82, 2.24) is 0 Å². The first kappa shape index (κ1) is 31.1. The SMILES string of the molecule is COc1ccc(OCc2ccccc2)c2c1cc(OC)c1ccc3ccc4c(OC)cc5c(OC)ccc(OCc6ccccc6)c5c4c3c12. The average molecular weight is 661 g/mol. The highest BCUT2D eigenvalue weighted by Gasteiger charge is 2.23. The Hall–Kier alpha value is -6.14. The minimum atomic E-state index is 0.409. The molecule has 0 atom stereocenters. The van der Waals surface area contributed by atoms with Gasteiger partial charge in [0, 0.05) is 43.1 Å². The summed E-state index contributed by atoms with van der Waals surface area (Å²) in [4.78, 5) is 0. The average Bonchev–Trinajstić information content (AvgIpc) is 3.18. The molecule has 0 amide bonds. The number of rotatable bonds is 10. The Morgan fingerprint density at radius 3 is 1.14 bits per heavy atom. The van der Waals surface area contributed by atoms with Gasteiger partial charge in [-0.25, -0.2) is 0 Å². The van der Waals surface area contributed by atoms with Crippen LogP contribution in [0.1, 0.15) is 11.1 Å². The Labute approximate surface area is 290 Å². The van der Waals surface area contributed by atoms with Crippen molar-refractivity contribution in [3.8, 4) is 34.5 Å². The molecule has 248 valence electrons. The fourth-order valence-electron chi connectivity index (χ4n) is 7.13. The van der Waals surface area contributed by atoms with Crippen LogP contribution in [0.5, 0.6) is 34.5 Å². The summed E-state index contributed by atoms with van der Waals surface area (Å²) in [6.45, 7) is 0.819. The number of fused-ring (bicyclic) bond motifs is 9. The van der Waals surface area contributed by atoms with Crippen molar-refractivity contribution in [2.45, 2.75) is 13.2 Å². The zero-order valence-electron chi connectivity index (χ0n) is 28.4. The zero-order chi connectivity index (χ0) is 34.2. The number of hydrogen-bond acceptors (Lipinski definition) is 6. The van der Waals surface area contributed by atoms with Crippen LogP contribution in [-0.4, -0.2) is 28.4 Å². The van der Waals surface area contributed by atoms with Gasteiger partial charge in [0.2, 0.25) is 0 Å². The Bertz CT molecular complexity index is 2350. The molecular weight excluding hydrogens is 624 g/mol. The van der Waals surface area contributed by atoms with Gasteiger partial charge in [-0.1, -0.05) is 72.8 Å². The maximum atomic E-state index is 6.66. The Balaban J connectivity index is 1.55. The largest absolute Gasteiger partial charge is 0.496 e. The normalized spacial score (nSPS) is 11.4. The van der Waals surface area contributed by atoms with Crippen molar-refractivity contribution in [3.63, 3.8) is 0 Å². The van der Waals surface area contributed by atoms with Gasteiger partial charge in [0.05, 0.1) is 28.4 Å². The minimum absolute atomic E-state index is 0.409. The molecule has 0 aliphatic heterocycles. The van der Waals surface area contributed by atoms with Crippen molar-refractivity contribution >= 4 is 53.9 Å². The Morgan fingerprint density at radius 2 is 0.740 bits per heavy atom. The van der Waals surface area contributed by atoms with Crippen LogP contribution in [0.3, 0.4) is 0 Å². The molecule has 0 radical (unpaired) electrons. The summed E-state index contributed by atoms with van der Waals surface area (Å²) >= 11 is 0. The molecule has 0 N–H and O–H groups in total. The van der Waals surface area contributed by atoms with Gasteiger partial charge in [0.25, 0.3) is 0 Å². The van der Waals surface area contributed by atoms with Gasteiger partial charge in [-0.15, -0.1) is 0 Å². The topological polar surface area (TPSA) is 55.4 Å². The molecule has 8 rings (SSSR count). The maximum Gasteiger partial charge on any atom is 0.128 e. The summed E-state index contributed by atoms with van der Waals surface area (Å²) in [5.74, 6) is 4.39. The van der Waals surface area contributed by atoms with E-state index >= 15 is 0 Å². The lowest BCUT2D eigenvalue weighted by molar-refractivity contribution is 0.309. The summed E-state index contributed by atoms with van der Waals surface area (Å²) in [6, 6.07) is 40.9. The predicted octanol–water partition coefficient (Wildman–Crippen LogP) is 10.6. The van der Waals surface area contributed by atoms with E-state index < -0.39 is 0 Å². The molecule has 0 saturated carbocycles. The first-order valence-corrected chi connectivity index (χ1v) is 16.5. The minimum Gasteiger partial charge on any atom is -0.496 e. The van der Waals surface area contributed by atoms with E-state index in [-0.39, 0.29) is 0 Å². The summed E-state index contributed by atoms with van der Waals surface area (Å²) < 4.78 is 37.4. The number of methoxy groups -OCH3 is 4. The van der Waals surface area contributed by atoms with E-state index in [4.69, 9.17) is 28.4 Å². The van der Waals surface area contributed by atoms with Crippen molar-refractivity contribution in [2.24, 2.45) is 0 Å². The molecule has 0 bridgehead atoms. The van der Waals surface area contributed by atoms with Gasteiger partial charge in [0.15, 0.2) is 0 Å². The van der Waals surface area contributed by atoms with Crippen molar-refractivity contribution in [2.75, 3.05) is 28.4 Å². The molecule has 0 saturated heterocycles. The van der Waals surface area contributed by atoms with Crippen molar-refractivity contribution in [3.05, 3.63) is 132 Å². The first-order chi connectivity index (χ1) is 24.6. The van der Waals surface area contributed by atoms with Gasteiger partial charge < -0.3 is 28.4 Å². The van der Waals surface area contributed by atoms with Crippen molar-refractivity contribution in [1.29, 1.82) is 0 Å². The third-order valence-corrected chi connectivity index (χ3v) is 9.46. The third kappa shape index (κ3) is 5.21. The molecule has 8 aromatic rings. The van der Waals surface area contributed by atoms with Crippen LogP contribution in [0.4, 0.5) is 0 Å². The standard InChI is InChI=1S/C44H36O6/c1-45-34-19-21-36(49-25-27-11-7-5-8-12-27)41-32(34)23-38(47-3)30-17-15-29-16-18-31-39(48-4)24-33-35(46-2)20-22-37(42(33)44(31)40(29)43(30)41)50-26-28-13-9-6-10-14-28/h5-24H,25-26H2,1-4H3. The molecule has 50 heavy (non-hydrogen) atoms. The van der Waals surface area contributed by atoms with Crippen LogP contribution < -0.4 is 28.4 Å². The summed E-state index contributed by atoms with van der Waals surface area (Å²) in [6.07, 6.45) is 0. The molecule has 0 aliphatic rings. The lowest BCUT2D eigenvalue weighted by Crippen LogP contribution is -1.99. The number of hydrogen-bond donors (Lipinski definition) is 0. The highest BCUT2D eigenvalue weighted by molar-refractivity contribution is 6.35. The molecule has 0 heterocycles. The van der Waals surface area contributed by atoms with Crippen molar-refractivity contribution < 1.29 is 28.4 Å². The van der Waals surface area contributed by atoms with E-state index in [1.54, 1.807) is 28.4 Å². The molecule has 0 spiro atoms. The quantitative estimate of drug-likeness (QED) is 0.136. The van der Waals surface area contributed by atoms with E-state index in [0.717, 1.165) is 99.5 Å². The molecular formula is C44H36O6. The van der Waals surface area contributed by atoms with Crippen LogP contribution >= 0.6 is 0 Å². The van der Waals surface area contributed by atoms with Crippen LogP contribution in [0, 0.1) is 0 Å². The molecule has 0 aliphatic carbocycles. The summed E-state index contributed by atoms with van der Waals surface area (Å²) in [5.41, 5.74) is 2.15. The second kappa shape index (κ2) is 13.1. The molecule has 0 fully saturated rings. The van der Waals surface area contributed by atoms with E-state index in [1.807, 2.05) is 72.8 Å². The smallest absolute Gasteiger partial charge is 0.128 e. The molecule has 0 unspecified atom stereocenters. The zero-order valence-corrected chi connectivity index (χ0v) is 28.4. The maximum absolute atomic E-state index is 6.66. The Kier molecular flexibility index (Phi) is 8.13. The lowest BCUT2D eigenvalue weighted by atomic mass is 9.89. The van der Waals surface area contributed by atoms with Gasteiger partial charge in [-0.2, -0.15) is 0 Å². The fourth-order valence-corrected chi connectivity index (χ4v) is 7.13. The predicted molar refractivity (Wildman–Crippen MR) is 202 cm³/mol. The number of ether oxygens (including phenoxy) is 6. The Morgan fingerprint density at radius 1 is 0.340 bits per heavy atom. The monoisotopic (exact) mass is 660 g/mol. The van der Waals surface area contributed by atoms with Crippen LogP contribution in [0.2, 0.25) is 0 Å². The van der Waals surface area contributed by atoms with E-state index in [2.05, 4.69) is 48.5 Å². The van der Waals surface area contributed by atoms with Crippen LogP contribution in [0.15, 0.2) is 121 Å². The van der Waals surface area contributed by atoms with E-state index in [0.29, 0.717) is 13.2 Å². The van der Waals surface area contributed by atoms with Crippen LogP contribution in [0.25, 0.3) is 53.9 Å². The molecule has 0 aromatic heterocycles.